The van der Waals surface area contributed by atoms with Crippen molar-refractivity contribution in [2.75, 3.05) is 6.54 Å². The molecule has 0 saturated carbocycles. The van der Waals surface area contributed by atoms with Gasteiger partial charge in [0.25, 0.3) is 5.91 Å². The average Bonchev–Trinajstić information content (AvgIpc) is 3.39. The number of nitrogens with two attached hydrogens (primary N) is 1. The lowest BCUT2D eigenvalue weighted by molar-refractivity contribution is 0.0733. The average molecular weight is 372 g/mol. The van der Waals surface area contributed by atoms with Crippen molar-refractivity contribution in [3.05, 3.63) is 47.2 Å². The zero-order valence-corrected chi connectivity index (χ0v) is 14.0. The maximum atomic E-state index is 14.5. The summed E-state index contributed by atoms with van der Waals surface area (Å²) < 4.78 is 35.0. The molecule has 2 aliphatic rings. The molecule has 1 saturated heterocycles. The summed E-state index contributed by atoms with van der Waals surface area (Å²) in [7, 11) is 0. The van der Waals surface area contributed by atoms with Gasteiger partial charge in [0.05, 0.1) is 24.0 Å². The number of imidazole rings is 1. The third-order valence-corrected chi connectivity index (χ3v) is 5.03. The van der Waals surface area contributed by atoms with Gasteiger partial charge in [0, 0.05) is 6.54 Å². The van der Waals surface area contributed by atoms with Gasteiger partial charge in [-0.15, -0.1) is 0 Å². The number of carbonyl (C=O) groups is 1. The molecule has 0 spiro atoms. The van der Waals surface area contributed by atoms with E-state index in [1.165, 1.54) is 12.4 Å². The highest BCUT2D eigenvalue weighted by Gasteiger charge is 2.41. The molecule has 0 unspecified atom stereocenters. The molecular formula is C17H14F2N6O2. The Morgan fingerprint density at radius 2 is 2.19 bits per heavy atom. The number of benzene rings is 1. The fourth-order valence-corrected chi connectivity index (χ4v) is 3.86. The number of hydrogen-bond donors (Lipinski definition) is 1. The molecule has 3 aromatic rings. The van der Waals surface area contributed by atoms with Crippen molar-refractivity contribution in [1.29, 1.82) is 0 Å². The van der Waals surface area contributed by atoms with Gasteiger partial charge in [-0.25, -0.2) is 13.8 Å². The fourth-order valence-electron chi connectivity index (χ4n) is 3.86. The van der Waals surface area contributed by atoms with Crippen LogP contribution in [-0.2, 0) is 6.54 Å². The number of nitrogens with zero attached hydrogens (tertiary/aromatic N) is 5. The van der Waals surface area contributed by atoms with E-state index in [9.17, 15) is 13.6 Å². The van der Waals surface area contributed by atoms with E-state index in [0.717, 1.165) is 12.5 Å². The van der Waals surface area contributed by atoms with Gasteiger partial charge in [0.1, 0.15) is 17.6 Å². The van der Waals surface area contributed by atoms with Crippen LogP contribution < -0.4 is 5.73 Å². The lowest BCUT2D eigenvalue weighted by Crippen LogP contribution is -2.30. The summed E-state index contributed by atoms with van der Waals surface area (Å²) >= 11 is 0. The van der Waals surface area contributed by atoms with Crippen LogP contribution in [0, 0.1) is 11.6 Å². The lowest BCUT2D eigenvalue weighted by Gasteiger charge is -2.22. The second-order valence-corrected chi connectivity index (χ2v) is 6.48. The second kappa shape index (κ2) is 5.68. The van der Waals surface area contributed by atoms with Gasteiger partial charge in [-0.1, -0.05) is 5.16 Å². The molecule has 2 aromatic heterocycles. The molecular weight excluding hydrogens is 358 g/mol. The topological polar surface area (TPSA) is 103 Å². The number of carbonyl (C=O) groups excluding carboxylic acids is 1. The summed E-state index contributed by atoms with van der Waals surface area (Å²) in [5.74, 6) is -2.25. The minimum absolute atomic E-state index is 0.0877. The van der Waals surface area contributed by atoms with E-state index in [1.54, 1.807) is 9.47 Å². The highest BCUT2D eigenvalue weighted by atomic mass is 19.2. The summed E-state index contributed by atoms with van der Waals surface area (Å²) in [6.45, 7) is 0.536. The van der Waals surface area contributed by atoms with Crippen LogP contribution in [0.25, 0.3) is 17.2 Å². The standard InChI is InChI=1S/C17H14F2N6O2/c18-8-3-4-9-12(13(8)19)17(26)24-5-1-2-10(24)15-14(21-7-25(9)15)16-22-11(6-20)27-23-16/h3-4,7,10H,1-2,5-6,20H2/t10-/m0/s1. The van der Waals surface area contributed by atoms with Crippen molar-refractivity contribution in [2.45, 2.75) is 25.4 Å². The number of halogens is 2. The van der Waals surface area contributed by atoms with E-state index in [4.69, 9.17) is 10.3 Å². The van der Waals surface area contributed by atoms with Gasteiger partial charge in [-0.2, -0.15) is 4.98 Å². The Balaban J connectivity index is 1.79. The number of rotatable bonds is 2. The Morgan fingerprint density at radius 3 is 2.96 bits per heavy atom. The van der Waals surface area contributed by atoms with Crippen molar-refractivity contribution in [3.63, 3.8) is 0 Å². The molecule has 138 valence electrons. The van der Waals surface area contributed by atoms with Crippen molar-refractivity contribution in [1.82, 2.24) is 24.6 Å². The monoisotopic (exact) mass is 372 g/mol. The molecule has 0 bridgehead atoms. The smallest absolute Gasteiger partial charge is 0.259 e. The first kappa shape index (κ1) is 16.1. The van der Waals surface area contributed by atoms with Gasteiger partial charge in [0.2, 0.25) is 11.7 Å². The molecule has 10 heteroatoms. The molecule has 8 nitrogen and oxygen atoms in total. The van der Waals surface area contributed by atoms with E-state index in [2.05, 4.69) is 15.1 Å². The second-order valence-electron chi connectivity index (χ2n) is 6.48. The summed E-state index contributed by atoms with van der Waals surface area (Å²) in [6.07, 6.45) is 2.88. The van der Waals surface area contributed by atoms with Crippen LogP contribution in [0.3, 0.4) is 0 Å². The highest BCUT2D eigenvalue weighted by molar-refractivity contribution is 5.99. The van der Waals surface area contributed by atoms with Gasteiger partial charge < -0.3 is 15.2 Å². The zero-order chi connectivity index (χ0) is 18.7. The molecule has 27 heavy (non-hydrogen) atoms. The summed E-state index contributed by atoms with van der Waals surface area (Å²) in [4.78, 5) is 23.1. The minimum Gasteiger partial charge on any atom is -0.338 e. The van der Waals surface area contributed by atoms with Crippen LogP contribution >= 0.6 is 0 Å². The van der Waals surface area contributed by atoms with Crippen molar-refractivity contribution < 1.29 is 18.1 Å². The Hall–Kier alpha value is -3.14. The van der Waals surface area contributed by atoms with Crippen LogP contribution in [0.1, 0.15) is 40.8 Å². The van der Waals surface area contributed by atoms with Crippen LogP contribution in [0.2, 0.25) is 0 Å². The Labute approximate surface area is 151 Å². The molecule has 2 N–H and O–H groups in total. The van der Waals surface area contributed by atoms with Gasteiger partial charge >= 0.3 is 0 Å². The summed E-state index contributed by atoms with van der Waals surface area (Å²) in [6, 6.07) is 2.04. The van der Waals surface area contributed by atoms with E-state index in [-0.39, 0.29) is 35.6 Å². The Bertz CT molecular complexity index is 1080. The molecule has 5 rings (SSSR count). The molecule has 1 amide bonds. The van der Waals surface area contributed by atoms with Crippen LogP contribution in [0.4, 0.5) is 8.78 Å². The van der Waals surface area contributed by atoms with Crippen molar-refractivity contribution in [2.24, 2.45) is 5.73 Å². The third kappa shape index (κ3) is 2.16. The van der Waals surface area contributed by atoms with Crippen molar-refractivity contribution >= 4 is 5.91 Å². The molecule has 1 fully saturated rings. The first-order valence-electron chi connectivity index (χ1n) is 8.49. The lowest BCUT2D eigenvalue weighted by atomic mass is 10.1. The van der Waals surface area contributed by atoms with E-state index >= 15 is 0 Å². The highest BCUT2D eigenvalue weighted by Crippen LogP contribution is 2.42. The van der Waals surface area contributed by atoms with E-state index < -0.39 is 17.5 Å². The third-order valence-electron chi connectivity index (χ3n) is 5.03. The first-order valence-corrected chi connectivity index (χ1v) is 8.49. The quantitative estimate of drug-likeness (QED) is 0.738. The van der Waals surface area contributed by atoms with Crippen LogP contribution in [0.15, 0.2) is 23.0 Å². The van der Waals surface area contributed by atoms with E-state index in [1.807, 2.05) is 0 Å². The molecule has 0 aliphatic carbocycles. The SMILES string of the molecule is NCc1nc(-c2ncn3c2[C@@H]2CCCN2C(=O)c2c-3ccc(F)c2F)no1. The Kier molecular flexibility index (Phi) is 3.38. The molecule has 1 atom stereocenters. The first-order chi connectivity index (χ1) is 13.1. The van der Waals surface area contributed by atoms with Gasteiger partial charge in [-0.05, 0) is 25.0 Å². The minimum atomic E-state index is -1.16. The zero-order valence-electron chi connectivity index (χ0n) is 14.0. The van der Waals surface area contributed by atoms with Gasteiger partial charge in [0.15, 0.2) is 11.6 Å². The number of amides is 1. The summed E-state index contributed by atoms with van der Waals surface area (Å²) in [5, 5.41) is 3.91. The molecule has 4 heterocycles. The number of hydrogen-bond acceptors (Lipinski definition) is 6. The summed E-state index contributed by atoms with van der Waals surface area (Å²) in [5.41, 5.74) is 6.55. The van der Waals surface area contributed by atoms with Crippen LogP contribution in [0.5, 0.6) is 0 Å². The molecule has 1 aromatic carbocycles. The van der Waals surface area contributed by atoms with E-state index in [0.29, 0.717) is 24.4 Å². The van der Waals surface area contributed by atoms with Crippen molar-refractivity contribution in [3.8, 4) is 17.2 Å². The normalized spacial score (nSPS) is 18.3. The maximum Gasteiger partial charge on any atom is 0.259 e. The Morgan fingerprint density at radius 1 is 1.33 bits per heavy atom. The predicted octanol–water partition coefficient (Wildman–Crippen LogP) is 1.95. The number of fused-ring (bicyclic) bond motifs is 5. The molecule has 0 radical (unpaired) electrons. The molecule has 2 aliphatic heterocycles. The maximum absolute atomic E-state index is 14.5. The predicted molar refractivity (Wildman–Crippen MR) is 87.7 cm³/mol. The fraction of sp³-hybridized carbons (Fsp3) is 0.294. The number of aromatic nitrogens is 4. The van der Waals surface area contributed by atoms with Crippen LogP contribution in [-0.4, -0.2) is 37.0 Å². The largest absolute Gasteiger partial charge is 0.338 e. The van der Waals surface area contributed by atoms with Gasteiger partial charge in [-0.3, -0.25) is 9.36 Å².